The van der Waals surface area contributed by atoms with Crippen LogP contribution >= 0.6 is 15.9 Å². The number of aryl methyl sites for hydroxylation is 2. The van der Waals surface area contributed by atoms with Crippen molar-refractivity contribution in [3.63, 3.8) is 0 Å². The van der Waals surface area contributed by atoms with Crippen molar-refractivity contribution >= 4 is 33.0 Å². The summed E-state index contributed by atoms with van der Waals surface area (Å²) >= 11 is 3.56. The minimum absolute atomic E-state index is 0.974. The molecule has 2 aromatic rings. The van der Waals surface area contributed by atoms with Gasteiger partial charge in [-0.3, -0.25) is 0 Å². The molecule has 0 amide bonds. The Morgan fingerprint density at radius 3 is 2.68 bits per heavy atom. The fourth-order valence-corrected chi connectivity index (χ4v) is 2.81. The van der Waals surface area contributed by atoms with Gasteiger partial charge in [-0.2, -0.15) is 0 Å². The van der Waals surface area contributed by atoms with Gasteiger partial charge in [0, 0.05) is 23.2 Å². The average molecular weight is 317 g/mol. The Hall–Kier alpha value is -1.48. The van der Waals surface area contributed by atoms with Crippen LogP contribution in [0.2, 0.25) is 0 Å². The van der Waals surface area contributed by atoms with Crippen LogP contribution in [-0.2, 0) is 0 Å². The number of nitrogens with zero attached hydrogens (tertiary/aromatic N) is 1. The maximum atomic E-state index is 3.56. The van der Waals surface area contributed by atoms with E-state index in [2.05, 4.69) is 76.4 Å². The minimum atomic E-state index is 0.974. The van der Waals surface area contributed by atoms with E-state index in [1.165, 1.54) is 28.2 Å². The van der Waals surface area contributed by atoms with E-state index in [1.807, 2.05) is 0 Å². The van der Waals surface area contributed by atoms with Crippen LogP contribution in [0.15, 0.2) is 40.9 Å². The third-order valence-electron chi connectivity index (χ3n) is 3.70. The molecule has 0 saturated carbocycles. The van der Waals surface area contributed by atoms with Crippen molar-refractivity contribution < 1.29 is 0 Å². The Kier molecular flexibility index (Phi) is 3.23. The molecule has 98 valence electrons. The molecule has 0 saturated heterocycles. The molecule has 2 aromatic carbocycles. The first-order chi connectivity index (χ1) is 9.15. The first-order valence-corrected chi connectivity index (χ1v) is 7.33. The molecule has 0 spiro atoms. The summed E-state index contributed by atoms with van der Waals surface area (Å²) in [5, 5.41) is 3.45. The van der Waals surface area contributed by atoms with Crippen LogP contribution in [0.3, 0.4) is 0 Å². The maximum absolute atomic E-state index is 3.56. The lowest BCUT2D eigenvalue weighted by atomic mass is 10.1. The molecular weight excluding hydrogens is 300 g/mol. The van der Waals surface area contributed by atoms with Gasteiger partial charge in [-0.25, -0.2) is 0 Å². The second-order valence-corrected chi connectivity index (χ2v) is 5.92. The van der Waals surface area contributed by atoms with Crippen molar-refractivity contribution in [2.75, 3.05) is 23.3 Å². The van der Waals surface area contributed by atoms with E-state index in [1.54, 1.807) is 0 Å². The zero-order valence-electron chi connectivity index (χ0n) is 11.2. The number of halogens is 1. The van der Waals surface area contributed by atoms with E-state index in [0.29, 0.717) is 0 Å². The predicted molar refractivity (Wildman–Crippen MR) is 85.6 cm³/mol. The molecule has 1 heterocycles. The zero-order valence-corrected chi connectivity index (χ0v) is 12.8. The molecule has 3 rings (SSSR count). The lowest BCUT2D eigenvalue weighted by Gasteiger charge is -2.32. The van der Waals surface area contributed by atoms with Crippen LogP contribution in [0.25, 0.3) is 0 Å². The van der Waals surface area contributed by atoms with Crippen molar-refractivity contribution in [1.82, 2.24) is 0 Å². The van der Waals surface area contributed by atoms with Gasteiger partial charge >= 0.3 is 0 Å². The van der Waals surface area contributed by atoms with Gasteiger partial charge in [0.2, 0.25) is 0 Å². The van der Waals surface area contributed by atoms with Crippen LogP contribution in [0.5, 0.6) is 0 Å². The molecule has 0 atom stereocenters. The number of fused-ring (bicyclic) bond motifs is 1. The lowest BCUT2D eigenvalue weighted by molar-refractivity contribution is 0.925. The first-order valence-electron chi connectivity index (χ1n) is 6.53. The molecule has 0 radical (unpaired) electrons. The van der Waals surface area contributed by atoms with Crippen molar-refractivity contribution in [3.05, 3.63) is 52.0 Å². The second-order valence-electron chi connectivity index (χ2n) is 5.01. The van der Waals surface area contributed by atoms with E-state index < -0.39 is 0 Å². The number of rotatable bonds is 1. The zero-order chi connectivity index (χ0) is 13.4. The van der Waals surface area contributed by atoms with E-state index in [4.69, 9.17) is 0 Å². The van der Waals surface area contributed by atoms with Gasteiger partial charge in [-0.15, -0.1) is 0 Å². The topological polar surface area (TPSA) is 15.3 Å². The lowest BCUT2D eigenvalue weighted by Crippen LogP contribution is -2.30. The third kappa shape index (κ3) is 2.35. The van der Waals surface area contributed by atoms with Gasteiger partial charge < -0.3 is 10.2 Å². The highest BCUT2D eigenvalue weighted by molar-refractivity contribution is 9.10. The molecule has 2 nitrogen and oxygen atoms in total. The Labute approximate surface area is 122 Å². The molecule has 0 bridgehead atoms. The van der Waals surface area contributed by atoms with Crippen LogP contribution in [0, 0.1) is 13.8 Å². The Bertz CT molecular complexity index is 622. The minimum Gasteiger partial charge on any atom is -0.382 e. The standard InChI is InChI=1S/C16H17BrN2/c1-11-3-5-14(9-12(11)2)19-8-7-18-15-6-4-13(17)10-16(15)19/h3-6,9-10,18H,7-8H2,1-2H3. The molecular formula is C16H17BrN2. The smallest absolute Gasteiger partial charge is 0.0658 e. The highest BCUT2D eigenvalue weighted by Crippen LogP contribution is 2.37. The number of hydrogen-bond donors (Lipinski definition) is 1. The van der Waals surface area contributed by atoms with Gasteiger partial charge in [0.05, 0.1) is 11.4 Å². The van der Waals surface area contributed by atoms with Gasteiger partial charge in [-0.1, -0.05) is 22.0 Å². The summed E-state index contributed by atoms with van der Waals surface area (Å²) < 4.78 is 1.11. The van der Waals surface area contributed by atoms with Crippen molar-refractivity contribution in [2.24, 2.45) is 0 Å². The fraction of sp³-hybridized carbons (Fsp3) is 0.250. The monoisotopic (exact) mass is 316 g/mol. The number of anilines is 3. The molecule has 1 aliphatic heterocycles. The quantitative estimate of drug-likeness (QED) is 0.825. The molecule has 0 aliphatic carbocycles. The largest absolute Gasteiger partial charge is 0.382 e. The summed E-state index contributed by atoms with van der Waals surface area (Å²) in [6, 6.07) is 13.1. The van der Waals surface area contributed by atoms with Gasteiger partial charge in [0.15, 0.2) is 0 Å². The third-order valence-corrected chi connectivity index (χ3v) is 4.20. The number of nitrogens with one attached hydrogen (secondary N) is 1. The highest BCUT2D eigenvalue weighted by atomic mass is 79.9. The Morgan fingerprint density at radius 2 is 1.89 bits per heavy atom. The second kappa shape index (κ2) is 4.89. The van der Waals surface area contributed by atoms with E-state index >= 15 is 0 Å². The predicted octanol–water partition coefficient (Wildman–Crippen LogP) is 4.63. The number of benzene rings is 2. The average Bonchev–Trinajstić information content (AvgIpc) is 2.41. The fourth-order valence-electron chi connectivity index (χ4n) is 2.46. The van der Waals surface area contributed by atoms with E-state index in [-0.39, 0.29) is 0 Å². The maximum Gasteiger partial charge on any atom is 0.0658 e. The molecule has 0 unspecified atom stereocenters. The molecule has 0 aromatic heterocycles. The summed E-state index contributed by atoms with van der Waals surface area (Å²) in [7, 11) is 0. The first kappa shape index (κ1) is 12.5. The van der Waals surface area contributed by atoms with Crippen molar-refractivity contribution in [2.45, 2.75) is 13.8 Å². The Morgan fingerprint density at radius 1 is 1.05 bits per heavy atom. The Balaban J connectivity index is 2.07. The van der Waals surface area contributed by atoms with Gasteiger partial charge in [0.25, 0.3) is 0 Å². The summed E-state index contributed by atoms with van der Waals surface area (Å²) in [4.78, 5) is 2.38. The van der Waals surface area contributed by atoms with Gasteiger partial charge in [0.1, 0.15) is 0 Å². The summed E-state index contributed by atoms with van der Waals surface area (Å²) in [5.74, 6) is 0. The van der Waals surface area contributed by atoms with Crippen molar-refractivity contribution in [1.29, 1.82) is 0 Å². The van der Waals surface area contributed by atoms with Crippen LogP contribution in [-0.4, -0.2) is 13.1 Å². The van der Waals surface area contributed by atoms with Crippen molar-refractivity contribution in [3.8, 4) is 0 Å². The summed E-state index contributed by atoms with van der Waals surface area (Å²) in [5.41, 5.74) is 6.39. The van der Waals surface area contributed by atoms with E-state index in [9.17, 15) is 0 Å². The molecule has 1 aliphatic rings. The molecule has 19 heavy (non-hydrogen) atoms. The van der Waals surface area contributed by atoms with E-state index in [0.717, 1.165) is 17.6 Å². The summed E-state index contributed by atoms with van der Waals surface area (Å²) in [6.07, 6.45) is 0. The molecule has 1 N–H and O–H groups in total. The molecule has 3 heteroatoms. The number of hydrogen-bond acceptors (Lipinski definition) is 2. The van der Waals surface area contributed by atoms with Gasteiger partial charge in [-0.05, 0) is 55.3 Å². The molecule has 0 fully saturated rings. The highest BCUT2D eigenvalue weighted by Gasteiger charge is 2.18. The van der Waals surface area contributed by atoms with Crippen LogP contribution in [0.4, 0.5) is 17.1 Å². The van der Waals surface area contributed by atoms with Crippen LogP contribution < -0.4 is 10.2 Å². The van der Waals surface area contributed by atoms with Crippen LogP contribution in [0.1, 0.15) is 11.1 Å². The normalized spacial score (nSPS) is 13.9. The summed E-state index contributed by atoms with van der Waals surface area (Å²) in [6.45, 7) is 6.29. The SMILES string of the molecule is Cc1ccc(N2CCNc3ccc(Br)cc32)cc1C.